The maximum Gasteiger partial charge on any atom is 0.233 e. The summed E-state index contributed by atoms with van der Waals surface area (Å²) in [6, 6.07) is 4.82. The average molecular weight is 301 g/mol. The van der Waals surface area contributed by atoms with Gasteiger partial charge in [-0.25, -0.2) is 8.42 Å². The number of anilines is 1. The summed E-state index contributed by atoms with van der Waals surface area (Å²) in [5.41, 5.74) is 6.25. The van der Waals surface area contributed by atoms with Crippen molar-refractivity contribution in [2.75, 3.05) is 17.0 Å². The van der Waals surface area contributed by atoms with Crippen molar-refractivity contribution in [2.24, 2.45) is 11.7 Å². The molecule has 4 nitrogen and oxygen atoms in total. The molecule has 0 aliphatic carbocycles. The van der Waals surface area contributed by atoms with Crippen molar-refractivity contribution in [3.8, 4) is 11.8 Å². The Kier molecular flexibility index (Phi) is 5.67. The third kappa shape index (κ3) is 5.52. The van der Waals surface area contributed by atoms with Gasteiger partial charge in [-0.05, 0) is 24.1 Å². The van der Waals surface area contributed by atoms with E-state index in [2.05, 4.69) is 16.6 Å². The third-order valence-corrected chi connectivity index (χ3v) is 4.00. The first-order valence-corrected chi connectivity index (χ1v) is 7.86. The van der Waals surface area contributed by atoms with Crippen molar-refractivity contribution < 1.29 is 8.42 Å². The lowest BCUT2D eigenvalue weighted by atomic mass is 10.2. The van der Waals surface area contributed by atoms with Crippen molar-refractivity contribution in [1.29, 1.82) is 0 Å². The van der Waals surface area contributed by atoms with E-state index in [-0.39, 0.29) is 18.2 Å². The number of nitrogens with one attached hydrogen (secondary N) is 1. The number of benzene rings is 1. The number of sulfonamides is 1. The van der Waals surface area contributed by atoms with Crippen LogP contribution in [0.2, 0.25) is 5.02 Å². The second-order valence-electron chi connectivity index (χ2n) is 4.47. The molecule has 0 bridgehead atoms. The molecule has 104 valence electrons. The first-order chi connectivity index (χ1) is 8.84. The van der Waals surface area contributed by atoms with Crippen LogP contribution < -0.4 is 10.5 Å². The Balaban J connectivity index is 3.07. The standard InChI is InChI=1S/C13H17ClN2O2S/c1-10(2)9-19(17,18)16-13-6-5-12(14)8-11(13)4-3-7-15/h5-6,8,10,16H,7,9,15H2,1-2H3. The first-order valence-electron chi connectivity index (χ1n) is 5.83. The van der Waals surface area contributed by atoms with E-state index >= 15 is 0 Å². The minimum absolute atomic E-state index is 0.0448. The van der Waals surface area contributed by atoms with Crippen LogP contribution in [-0.4, -0.2) is 20.7 Å². The molecule has 0 saturated carbocycles. The fourth-order valence-electron chi connectivity index (χ4n) is 1.50. The maximum atomic E-state index is 11.9. The van der Waals surface area contributed by atoms with Crippen LogP contribution in [0.5, 0.6) is 0 Å². The monoisotopic (exact) mass is 300 g/mol. The van der Waals surface area contributed by atoms with E-state index in [1.54, 1.807) is 18.2 Å². The lowest BCUT2D eigenvalue weighted by molar-refractivity contribution is 0.587. The molecule has 0 spiro atoms. The van der Waals surface area contributed by atoms with Crippen LogP contribution in [0.1, 0.15) is 19.4 Å². The molecule has 19 heavy (non-hydrogen) atoms. The van der Waals surface area contributed by atoms with Crippen LogP contribution in [0, 0.1) is 17.8 Å². The number of nitrogens with two attached hydrogens (primary N) is 1. The zero-order valence-corrected chi connectivity index (χ0v) is 12.5. The summed E-state index contributed by atoms with van der Waals surface area (Å²) in [6.07, 6.45) is 0. The minimum Gasteiger partial charge on any atom is -0.320 e. The third-order valence-electron chi connectivity index (χ3n) is 2.12. The summed E-state index contributed by atoms with van der Waals surface area (Å²) >= 11 is 5.88. The minimum atomic E-state index is -3.39. The highest BCUT2D eigenvalue weighted by Gasteiger charge is 2.14. The second kappa shape index (κ2) is 6.80. The zero-order valence-electron chi connectivity index (χ0n) is 10.9. The molecule has 0 atom stereocenters. The Morgan fingerprint density at radius 2 is 2.11 bits per heavy atom. The molecule has 0 aliphatic heterocycles. The normalized spacial score (nSPS) is 11.0. The lowest BCUT2D eigenvalue weighted by Crippen LogP contribution is -2.20. The topological polar surface area (TPSA) is 72.2 Å². The predicted molar refractivity (Wildman–Crippen MR) is 79.6 cm³/mol. The summed E-state index contributed by atoms with van der Waals surface area (Å²) in [5.74, 6) is 5.59. The molecule has 0 radical (unpaired) electrons. The van der Waals surface area contributed by atoms with Gasteiger partial charge < -0.3 is 5.73 Å². The van der Waals surface area contributed by atoms with Gasteiger partial charge in [0.05, 0.1) is 23.5 Å². The van der Waals surface area contributed by atoms with Gasteiger partial charge in [0, 0.05) is 5.02 Å². The van der Waals surface area contributed by atoms with Crippen molar-refractivity contribution in [2.45, 2.75) is 13.8 Å². The Morgan fingerprint density at radius 1 is 1.42 bits per heavy atom. The molecule has 6 heteroatoms. The average Bonchev–Trinajstić information content (AvgIpc) is 2.27. The summed E-state index contributed by atoms with van der Waals surface area (Å²) in [4.78, 5) is 0. The number of hydrogen-bond donors (Lipinski definition) is 2. The van der Waals surface area contributed by atoms with Crippen molar-refractivity contribution in [3.63, 3.8) is 0 Å². The highest BCUT2D eigenvalue weighted by atomic mass is 35.5. The SMILES string of the molecule is CC(C)CS(=O)(=O)Nc1ccc(Cl)cc1C#CCN. The number of halogens is 1. The van der Waals surface area contributed by atoms with E-state index in [0.717, 1.165) is 0 Å². The quantitative estimate of drug-likeness (QED) is 0.836. The Morgan fingerprint density at radius 3 is 2.68 bits per heavy atom. The molecule has 0 unspecified atom stereocenters. The number of hydrogen-bond acceptors (Lipinski definition) is 3. The molecular weight excluding hydrogens is 284 g/mol. The highest BCUT2D eigenvalue weighted by Crippen LogP contribution is 2.21. The molecule has 1 aromatic carbocycles. The van der Waals surface area contributed by atoms with Crippen molar-refractivity contribution >= 4 is 27.3 Å². The van der Waals surface area contributed by atoms with Crippen LogP contribution >= 0.6 is 11.6 Å². The smallest absolute Gasteiger partial charge is 0.233 e. The summed E-state index contributed by atoms with van der Waals surface area (Å²) in [5, 5.41) is 0.494. The second-order valence-corrected chi connectivity index (χ2v) is 6.68. The molecule has 1 rings (SSSR count). The van der Waals surface area contributed by atoms with Crippen LogP contribution in [0.25, 0.3) is 0 Å². The molecule has 0 aliphatic rings. The van der Waals surface area contributed by atoms with E-state index in [1.807, 2.05) is 13.8 Å². The van der Waals surface area contributed by atoms with Gasteiger partial charge in [0.15, 0.2) is 0 Å². The molecule has 0 aromatic heterocycles. The van der Waals surface area contributed by atoms with Gasteiger partial charge in [0.1, 0.15) is 0 Å². The van der Waals surface area contributed by atoms with E-state index in [9.17, 15) is 8.42 Å². The van der Waals surface area contributed by atoms with Crippen LogP contribution in [0.15, 0.2) is 18.2 Å². The lowest BCUT2D eigenvalue weighted by Gasteiger charge is -2.11. The fraction of sp³-hybridized carbons (Fsp3) is 0.385. The molecular formula is C13H17ClN2O2S. The van der Waals surface area contributed by atoms with E-state index in [0.29, 0.717) is 16.3 Å². The van der Waals surface area contributed by atoms with Gasteiger partial charge in [-0.3, -0.25) is 4.72 Å². The predicted octanol–water partition coefficient (Wildman–Crippen LogP) is 2.05. The van der Waals surface area contributed by atoms with Gasteiger partial charge in [0.2, 0.25) is 10.0 Å². The Hall–Kier alpha value is -1.22. The molecule has 0 amide bonds. The van der Waals surface area contributed by atoms with Crippen LogP contribution in [-0.2, 0) is 10.0 Å². The van der Waals surface area contributed by atoms with E-state index < -0.39 is 10.0 Å². The molecule has 1 aromatic rings. The zero-order chi connectivity index (χ0) is 14.5. The van der Waals surface area contributed by atoms with Crippen LogP contribution in [0.3, 0.4) is 0 Å². The Labute approximate surface area is 119 Å². The Bertz CT molecular complexity index is 601. The first kappa shape index (κ1) is 15.8. The van der Waals surface area contributed by atoms with Gasteiger partial charge in [-0.1, -0.05) is 37.3 Å². The fourth-order valence-corrected chi connectivity index (χ4v) is 3.15. The molecule has 0 heterocycles. The molecule has 0 fully saturated rings. The largest absolute Gasteiger partial charge is 0.320 e. The van der Waals surface area contributed by atoms with Crippen molar-refractivity contribution in [3.05, 3.63) is 28.8 Å². The molecule has 0 saturated heterocycles. The van der Waals surface area contributed by atoms with E-state index in [1.165, 1.54) is 0 Å². The van der Waals surface area contributed by atoms with E-state index in [4.69, 9.17) is 17.3 Å². The van der Waals surface area contributed by atoms with Gasteiger partial charge in [-0.2, -0.15) is 0 Å². The molecule has 3 N–H and O–H groups in total. The van der Waals surface area contributed by atoms with Gasteiger partial charge >= 0.3 is 0 Å². The maximum absolute atomic E-state index is 11.9. The number of rotatable bonds is 4. The summed E-state index contributed by atoms with van der Waals surface area (Å²) in [6.45, 7) is 3.89. The van der Waals surface area contributed by atoms with Crippen LogP contribution in [0.4, 0.5) is 5.69 Å². The summed E-state index contributed by atoms with van der Waals surface area (Å²) in [7, 11) is -3.39. The highest BCUT2D eigenvalue weighted by molar-refractivity contribution is 7.92. The van der Waals surface area contributed by atoms with Gasteiger partial charge in [0.25, 0.3) is 0 Å². The van der Waals surface area contributed by atoms with Crippen molar-refractivity contribution in [1.82, 2.24) is 0 Å². The summed E-state index contributed by atoms with van der Waals surface area (Å²) < 4.78 is 26.3. The van der Waals surface area contributed by atoms with Gasteiger partial charge in [-0.15, -0.1) is 0 Å².